The van der Waals surface area contributed by atoms with Crippen LogP contribution in [0.2, 0.25) is 0 Å². The highest BCUT2D eigenvalue weighted by atomic mass is 16.5. The molecule has 1 heteroatoms. The molecule has 0 N–H and O–H groups in total. The number of hydrogen-bond donors (Lipinski definition) is 0. The Morgan fingerprint density at radius 2 is 1.42 bits per heavy atom. The lowest BCUT2D eigenvalue weighted by Gasteiger charge is -2.46. The third-order valence-corrected chi connectivity index (χ3v) is 6.55. The van der Waals surface area contributed by atoms with Crippen molar-refractivity contribution in [3.8, 4) is 0 Å². The van der Waals surface area contributed by atoms with Crippen LogP contribution in [0.1, 0.15) is 87.5 Å². The number of ether oxygens (including phenoxy) is 1. The number of methoxy groups -OCH3 is 1. The smallest absolute Gasteiger partial charge is 0.0701 e. The molecule has 0 unspecified atom stereocenters. The SMILES string of the molecule is CC[C@@H](C)[C@@](C)(CC)CC[C@@](C)(OC)C(C)(C)CC. The predicted octanol–water partition coefficient (Wildman–Crippen LogP) is 6.07. The molecular formula is C18H38O. The molecule has 0 saturated heterocycles. The first-order valence-electron chi connectivity index (χ1n) is 8.17. The molecule has 0 amide bonds. The molecule has 3 atom stereocenters. The third kappa shape index (κ3) is 4.21. The van der Waals surface area contributed by atoms with Gasteiger partial charge in [0.1, 0.15) is 0 Å². The van der Waals surface area contributed by atoms with Crippen molar-refractivity contribution in [1.29, 1.82) is 0 Å². The lowest BCUT2D eigenvalue weighted by Crippen LogP contribution is -2.44. The molecule has 0 fully saturated rings. The van der Waals surface area contributed by atoms with Crippen LogP contribution in [0.5, 0.6) is 0 Å². The summed E-state index contributed by atoms with van der Waals surface area (Å²) in [6, 6.07) is 0. The highest BCUT2D eigenvalue weighted by molar-refractivity contribution is 4.92. The van der Waals surface area contributed by atoms with Crippen molar-refractivity contribution in [2.75, 3.05) is 7.11 Å². The molecule has 0 aliphatic carbocycles. The van der Waals surface area contributed by atoms with Gasteiger partial charge in [0, 0.05) is 7.11 Å². The van der Waals surface area contributed by atoms with Gasteiger partial charge in [-0.1, -0.05) is 61.3 Å². The van der Waals surface area contributed by atoms with Crippen molar-refractivity contribution >= 4 is 0 Å². The Morgan fingerprint density at radius 3 is 1.74 bits per heavy atom. The maximum absolute atomic E-state index is 5.95. The molecule has 0 bridgehead atoms. The molecule has 0 aromatic heterocycles. The molecule has 0 rings (SSSR count). The van der Waals surface area contributed by atoms with Gasteiger partial charge in [-0.05, 0) is 42.9 Å². The fourth-order valence-corrected chi connectivity index (χ4v) is 2.88. The molecule has 19 heavy (non-hydrogen) atoms. The van der Waals surface area contributed by atoms with Crippen LogP contribution >= 0.6 is 0 Å². The van der Waals surface area contributed by atoms with Crippen LogP contribution < -0.4 is 0 Å². The van der Waals surface area contributed by atoms with Gasteiger partial charge >= 0.3 is 0 Å². The lowest BCUT2D eigenvalue weighted by atomic mass is 9.65. The Hall–Kier alpha value is -0.0400. The van der Waals surface area contributed by atoms with E-state index in [1.165, 1.54) is 19.3 Å². The average molecular weight is 271 g/mol. The summed E-state index contributed by atoms with van der Waals surface area (Å²) in [5.41, 5.74) is 0.649. The third-order valence-electron chi connectivity index (χ3n) is 6.55. The van der Waals surface area contributed by atoms with Gasteiger partial charge in [0.05, 0.1) is 5.60 Å². The maximum Gasteiger partial charge on any atom is 0.0701 e. The first kappa shape index (κ1) is 19.0. The van der Waals surface area contributed by atoms with Crippen LogP contribution in [0.15, 0.2) is 0 Å². The molecule has 0 aliphatic heterocycles. The van der Waals surface area contributed by atoms with Gasteiger partial charge in [-0.2, -0.15) is 0 Å². The van der Waals surface area contributed by atoms with E-state index in [9.17, 15) is 0 Å². The molecule has 116 valence electrons. The van der Waals surface area contributed by atoms with E-state index in [0.29, 0.717) is 5.41 Å². The largest absolute Gasteiger partial charge is 0.378 e. The van der Waals surface area contributed by atoms with Crippen LogP contribution in [-0.2, 0) is 4.74 Å². The van der Waals surface area contributed by atoms with Crippen LogP contribution in [-0.4, -0.2) is 12.7 Å². The van der Waals surface area contributed by atoms with Gasteiger partial charge in [-0.15, -0.1) is 0 Å². The van der Waals surface area contributed by atoms with Crippen LogP contribution in [0.4, 0.5) is 0 Å². The second-order valence-corrected chi connectivity index (χ2v) is 7.49. The van der Waals surface area contributed by atoms with Crippen molar-refractivity contribution in [2.24, 2.45) is 16.7 Å². The Bertz CT molecular complexity index is 258. The Balaban J connectivity index is 4.92. The summed E-state index contributed by atoms with van der Waals surface area (Å²) in [7, 11) is 1.88. The summed E-state index contributed by atoms with van der Waals surface area (Å²) in [6.45, 7) is 18.7. The monoisotopic (exact) mass is 270 g/mol. The molecule has 0 heterocycles. The van der Waals surface area contributed by atoms with Gasteiger partial charge in [0.15, 0.2) is 0 Å². The minimum atomic E-state index is -0.0222. The zero-order valence-electron chi connectivity index (χ0n) is 15.0. The molecule has 0 radical (unpaired) electrons. The Morgan fingerprint density at radius 1 is 0.895 bits per heavy atom. The van der Waals surface area contributed by atoms with E-state index in [1.54, 1.807) is 0 Å². The Kier molecular flexibility index (Phi) is 7.09. The van der Waals surface area contributed by atoms with Crippen LogP contribution in [0.25, 0.3) is 0 Å². The summed E-state index contributed by atoms with van der Waals surface area (Å²) in [5.74, 6) is 0.781. The summed E-state index contributed by atoms with van der Waals surface area (Å²) in [4.78, 5) is 0. The first-order chi connectivity index (χ1) is 8.62. The molecule has 0 saturated carbocycles. The minimum absolute atomic E-state index is 0.0222. The van der Waals surface area contributed by atoms with E-state index in [4.69, 9.17) is 4.74 Å². The van der Waals surface area contributed by atoms with Crippen molar-refractivity contribution in [2.45, 2.75) is 93.1 Å². The second-order valence-electron chi connectivity index (χ2n) is 7.49. The molecule has 0 aliphatic rings. The zero-order valence-corrected chi connectivity index (χ0v) is 15.0. The topological polar surface area (TPSA) is 9.23 Å². The van der Waals surface area contributed by atoms with Gasteiger partial charge < -0.3 is 4.74 Å². The van der Waals surface area contributed by atoms with E-state index in [1.807, 2.05) is 7.11 Å². The molecule has 0 aromatic rings. The normalized spacial score (nSPS) is 20.7. The summed E-state index contributed by atoms with van der Waals surface area (Å²) in [6.07, 6.45) is 6.09. The molecule has 0 spiro atoms. The van der Waals surface area contributed by atoms with Gasteiger partial charge in [-0.25, -0.2) is 0 Å². The summed E-state index contributed by atoms with van der Waals surface area (Å²) >= 11 is 0. The van der Waals surface area contributed by atoms with Gasteiger partial charge in [-0.3, -0.25) is 0 Å². The predicted molar refractivity (Wildman–Crippen MR) is 86.6 cm³/mol. The Labute approximate surface area is 122 Å². The van der Waals surface area contributed by atoms with Crippen molar-refractivity contribution in [3.63, 3.8) is 0 Å². The van der Waals surface area contributed by atoms with Crippen molar-refractivity contribution in [1.82, 2.24) is 0 Å². The fourth-order valence-electron chi connectivity index (χ4n) is 2.88. The van der Waals surface area contributed by atoms with E-state index in [0.717, 1.165) is 18.8 Å². The number of hydrogen-bond acceptors (Lipinski definition) is 1. The average Bonchev–Trinajstić information content (AvgIpc) is 2.42. The first-order valence-corrected chi connectivity index (χ1v) is 8.17. The van der Waals surface area contributed by atoms with Gasteiger partial charge in [0.2, 0.25) is 0 Å². The molecule has 0 aromatic carbocycles. The molecule has 1 nitrogen and oxygen atoms in total. The quantitative estimate of drug-likeness (QED) is 0.494. The zero-order chi connectivity index (χ0) is 15.3. The van der Waals surface area contributed by atoms with E-state index >= 15 is 0 Å². The highest BCUT2D eigenvalue weighted by Crippen LogP contribution is 2.45. The highest BCUT2D eigenvalue weighted by Gasteiger charge is 2.41. The van der Waals surface area contributed by atoms with Crippen LogP contribution in [0, 0.1) is 16.7 Å². The van der Waals surface area contributed by atoms with Gasteiger partial charge in [0.25, 0.3) is 0 Å². The number of rotatable bonds is 9. The minimum Gasteiger partial charge on any atom is -0.378 e. The lowest BCUT2D eigenvalue weighted by molar-refractivity contribution is -0.101. The van der Waals surface area contributed by atoms with E-state index in [2.05, 4.69) is 55.4 Å². The summed E-state index contributed by atoms with van der Waals surface area (Å²) < 4.78 is 5.95. The van der Waals surface area contributed by atoms with Crippen molar-refractivity contribution < 1.29 is 4.74 Å². The standard InChI is InChI=1S/C18H38O/c1-10-15(4)17(7,12-3)13-14-18(8,19-9)16(5,6)11-2/h15H,10-14H2,1-9H3/t15-,17+,18-/m1/s1. The van der Waals surface area contributed by atoms with E-state index < -0.39 is 0 Å². The molecular weight excluding hydrogens is 232 g/mol. The van der Waals surface area contributed by atoms with Crippen LogP contribution in [0.3, 0.4) is 0 Å². The fraction of sp³-hybridized carbons (Fsp3) is 1.00. The van der Waals surface area contributed by atoms with Crippen molar-refractivity contribution in [3.05, 3.63) is 0 Å². The maximum atomic E-state index is 5.95. The second kappa shape index (κ2) is 7.11. The van der Waals surface area contributed by atoms with E-state index in [-0.39, 0.29) is 11.0 Å². The summed E-state index contributed by atoms with van der Waals surface area (Å²) in [5, 5.41) is 0.